The number of nitrogens with zero attached hydrogens (tertiary/aromatic N) is 1. The number of hydrogen-bond donors (Lipinski definition) is 0. The Morgan fingerprint density at radius 2 is 1.33 bits per heavy atom. The van der Waals surface area contributed by atoms with Gasteiger partial charge in [0.1, 0.15) is 11.5 Å². The summed E-state index contributed by atoms with van der Waals surface area (Å²) in [7, 11) is 0. The van der Waals surface area contributed by atoms with Gasteiger partial charge in [-0.05, 0) is 91.4 Å². The molecule has 6 aromatic carbocycles. The quantitative estimate of drug-likeness (QED) is 0.190. The molecule has 0 N–H and O–H groups in total. The molecule has 9 rings (SSSR count). The SMILES string of the molecule is CC1(C)c2ccccc2-c2ccc(C3=CC=C(Oc4c5ccccc5c(-c5ccc6ccccc6c5)c5cnccc45)CC3)cc21. The van der Waals surface area contributed by atoms with E-state index in [9.17, 15) is 0 Å². The van der Waals surface area contributed by atoms with Gasteiger partial charge >= 0.3 is 0 Å². The van der Waals surface area contributed by atoms with Gasteiger partial charge < -0.3 is 4.74 Å². The minimum absolute atomic E-state index is 0.00272. The van der Waals surface area contributed by atoms with Gasteiger partial charge in [-0.15, -0.1) is 0 Å². The van der Waals surface area contributed by atoms with E-state index < -0.39 is 0 Å². The van der Waals surface area contributed by atoms with Crippen molar-refractivity contribution in [3.8, 4) is 28.0 Å². The molecule has 1 heterocycles. The highest BCUT2D eigenvalue weighted by Gasteiger charge is 2.35. The van der Waals surface area contributed by atoms with Crippen molar-refractivity contribution in [3.63, 3.8) is 0 Å². The summed E-state index contributed by atoms with van der Waals surface area (Å²) in [5, 5.41) is 6.92. The molecule has 0 atom stereocenters. The molecule has 0 unspecified atom stereocenters. The zero-order valence-electron chi connectivity index (χ0n) is 26.0. The lowest BCUT2D eigenvalue weighted by Gasteiger charge is -2.23. The second-order valence-corrected chi connectivity index (χ2v) is 13.1. The number of aromatic nitrogens is 1. The first-order chi connectivity index (χ1) is 22.6. The van der Waals surface area contributed by atoms with E-state index in [1.807, 2.05) is 12.4 Å². The topological polar surface area (TPSA) is 22.1 Å². The maximum atomic E-state index is 6.87. The third kappa shape index (κ3) is 4.14. The molecule has 46 heavy (non-hydrogen) atoms. The molecule has 0 spiro atoms. The van der Waals surface area contributed by atoms with Crippen molar-refractivity contribution in [3.05, 3.63) is 162 Å². The number of benzene rings is 6. The molecule has 0 radical (unpaired) electrons. The summed E-state index contributed by atoms with van der Waals surface area (Å²) in [6.45, 7) is 4.69. The molecular weight excluding hydrogens is 558 g/mol. The fraction of sp³-hybridized carbons (Fsp3) is 0.114. The Bertz CT molecular complexity index is 2370. The molecule has 0 aliphatic heterocycles. The molecule has 2 aliphatic rings. The van der Waals surface area contributed by atoms with Gasteiger partial charge in [-0.25, -0.2) is 0 Å². The summed E-state index contributed by atoms with van der Waals surface area (Å²) in [6.07, 6.45) is 10.1. The van der Waals surface area contributed by atoms with Gasteiger partial charge in [-0.3, -0.25) is 4.98 Å². The Morgan fingerprint density at radius 3 is 2.20 bits per heavy atom. The van der Waals surface area contributed by atoms with E-state index >= 15 is 0 Å². The van der Waals surface area contributed by atoms with E-state index in [4.69, 9.17) is 4.74 Å². The fourth-order valence-electron chi connectivity index (χ4n) is 7.73. The van der Waals surface area contributed by atoms with Crippen LogP contribution in [0.3, 0.4) is 0 Å². The summed E-state index contributed by atoms with van der Waals surface area (Å²) >= 11 is 0. The zero-order valence-corrected chi connectivity index (χ0v) is 26.0. The molecule has 7 aromatic rings. The molecule has 0 saturated heterocycles. The van der Waals surface area contributed by atoms with Crippen LogP contribution in [0, 0.1) is 0 Å². The van der Waals surface area contributed by atoms with Crippen molar-refractivity contribution in [1.82, 2.24) is 4.98 Å². The van der Waals surface area contributed by atoms with Gasteiger partial charge in [0.05, 0.1) is 0 Å². The number of ether oxygens (including phenoxy) is 1. The van der Waals surface area contributed by atoms with Crippen LogP contribution in [-0.4, -0.2) is 4.98 Å². The van der Waals surface area contributed by atoms with Gasteiger partial charge in [0.15, 0.2) is 0 Å². The normalized spacial score (nSPS) is 15.0. The molecule has 0 amide bonds. The Morgan fingerprint density at radius 1 is 0.587 bits per heavy atom. The van der Waals surface area contributed by atoms with Gasteiger partial charge in [-0.2, -0.15) is 0 Å². The van der Waals surface area contributed by atoms with Crippen LogP contribution in [0.4, 0.5) is 0 Å². The maximum absolute atomic E-state index is 6.87. The largest absolute Gasteiger partial charge is 0.460 e. The summed E-state index contributed by atoms with van der Waals surface area (Å²) < 4.78 is 6.87. The summed E-state index contributed by atoms with van der Waals surface area (Å²) in [5.41, 5.74) is 10.6. The zero-order chi connectivity index (χ0) is 30.8. The lowest BCUT2D eigenvalue weighted by molar-refractivity contribution is 0.412. The number of hydrogen-bond acceptors (Lipinski definition) is 2. The summed E-state index contributed by atoms with van der Waals surface area (Å²) in [4.78, 5) is 4.57. The Balaban J connectivity index is 1.11. The minimum Gasteiger partial charge on any atom is -0.460 e. The number of rotatable bonds is 4. The fourth-order valence-corrected chi connectivity index (χ4v) is 7.73. The van der Waals surface area contributed by atoms with Gasteiger partial charge in [0, 0.05) is 40.4 Å². The highest BCUT2D eigenvalue weighted by molar-refractivity contribution is 6.17. The second kappa shape index (κ2) is 10.3. The molecule has 0 saturated carbocycles. The van der Waals surface area contributed by atoms with Crippen LogP contribution in [0.1, 0.15) is 43.4 Å². The number of fused-ring (bicyclic) bond motifs is 6. The minimum atomic E-state index is -0.00272. The molecule has 2 aliphatic carbocycles. The van der Waals surface area contributed by atoms with Crippen molar-refractivity contribution >= 4 is 37.9 Å². The Labute approximate surface area is 269 Å². The Hall–Kier alpha value is -5.47. The van der Waals surface area contributed by atoms with Gasteiger partial charge in [0.25, 0.3) is 0 Å². The number of allylic oxidation sites excluding steroid dienone is 4. The lowest BCUT2D eigenvalue weighted by atomic mass is 9.81. The summed E-state index contributed by atoms with van der Waals surface area (Å²) in [6, 6.07) is 41.8. The predicted octanol–water partition coefficient (Wildman–Crippen LogP) is 11.7. The molecule has 1 aromatic heterocycles. The first kappa shape index (κ1) is 26.9. The van der Waals surface area contributed by atoms with E-state index in [0.29, 0.717) is 0 Å². The monoisotopic (exact) mass is 591 g/mol. The van der Waals surface area contributed by atoms with Crippen molar-refractivity contribution in [1.29, 1.82) is 0 Å². The predicted molar refractivity (Wildman–Crippen MR) is 192 cm³/mol. The highest BCUT2D eigenvalue weighted by Crippen LogP contribution is 2.50. The third-order valence-electron chi connectivity index (χ3n) is 10.1. The molecule has 0 fully saturated rings. The van der Waals surface area contributed by atoms with E-state index in [1.165, 1.54) is 60.7 Å². The van der Waals surface area contributed by atoms with E-state index in [-0.39, 0.29) is 5.41 Å². The molecule has 0 bridgehead atoms. The van der Waals surface area contributed by atoms with Crippen LogP contribution >= 0.6 is 0 Å². The summed E-state index contributed by atoms with van der Waals surface area (Å²) in [5.74, 6) is 1.89. The molecule has 2 nitrogen and oxygen atoms in total. The first-order valence-corrected chi connectivity index (χ1v) is 16.2. The standard InChI is InChI=1S/C44H33NO/c1-44(2)40-14-8-7-11-34(40)35-22-19-31(26-41(35)44)29-17-20-33(21-18-29)46-43-37-13-6-5-12-36(37)42(39-27-45-24-23-38(39)43)32-16-15-28-9-3-4-10-30(28)25-32/h3-17,19-20,22-27H,18,21H2,1-2H3. The average Bonchev–Trinajstić information content (AvgIpc) is 3.34. The van der Waals surface area contributed by atoms with Crippen molar-refractivity contribution in [2.24, 2.45) is 0 Å². The van der Waals surface area contributed by atoms with Crippen molar-refractivity contribution in [2.75, 3.05) is 0 Å². The lowest BCUT2D eigenvalue weighted by Crippen LogP contribution is -2.15. The number of pyridine rings is 1. The van der Waals surface area contributed by atoms with E-state index in [2.05, 4.69) is 146 Å². The second-order valence-electron chi connectivity index (χ2n) is 13.1. The van der Waals surface area contributed by atoms with Gasteiger partial charge in [-0.1, -0.05) is 117 Å². The molecule has 220 valence electrons. The third-order valence-corrected chi connectivity index (χ3v) is 10.1. The van der Waals surface area contributed by atoms with E-state index in [1.54, 1.807) is 0 Å². The highest BCUT2D eigenvalue weighted by atomic mass is 16.5. The van der Waals surface area contributed by atoms with E-state index in [0.717, 1.165) is 40.5 Å². The maximum Gasteiger partial charge on any atom is 0.142 e. The average molecular weight is 592 g/mol. The van der Waals surface area contributed by atoms with Crippen LogP contribution < -0.4 is 4.74 Å². The Kier molecular flexibility index (Phi) is 6.01. The van der Waals surface area contributed by atoms with Crippen LogP contribution in [-0.2, 0) is 5.41 Å². The first-order valence-electron chi connectivity index (χ1n) is 16.2. The van der Waals surface area contributed by atoms with Crippen LogP contribution in [0.2, 0.25) is 0 Å². The van der Waals surface area contributed by atoms with Crippen LogP contribution in [0.5, 0.6) is 5.75 Å². The van der Waals surface area contributed by atoms with Crippen molar-refractivity contribution in [2.45, 2.75) is 32.1 Å². The smallest absolute Gasteiger partial charge is 0.142 e. The van der Waals surface area contributed by atoms with Crippen molar-refractivity contribution < 1.29 is 4.74 Å². The van der Waals surface area contributed by atoms with Gasteiger partial charge in [0.2, 0.25) is 0 Å². The van der Waals surface area contributed by atoms with Crippen LogP contribution in [0.15, 0.2) is 146 Å². The molecular formula is C44H33NO. The van der Waals surface area contributed by atoms with Crippen LogP contribution in [0.25, 0.3) is 60.1 Å². The molecule has 2 heteroatoms.